The van der Waals surface area contributed by atoms with Crippen LogP contribution in [-0.4, -0.2) is 7.05 Å². The van der Waals surface area contributed by atoms with Crippen molar-refractivity contribution >= 4 is 0 Å². The third-order valence-corrected chi connectivity index (χ3v) is 0.933. The predicted octanol–water partition coefficient (Wildman–Crippen LogP) is 1.69. The molecule has 0 aliphatic heterocycles. The molecular weight excluding hydrogens is 98.1 g/mol. The van der Waals surface area contributed by atoms with Gasteiger partial charge >= 0.3 is 0 Å². The predicted molar refractivity (Wildman–Crippen MR) is 37.6 cm³/mol. The van der Waals surface area contributed by atoms with E-state index >= 15 is 0 Å². The van der Waals surface area contributed by atoms with Gasteiger partial charge in [0.25, 0.3) is 0 Å². The highest BCUT2D eigenvalue weighted by Crippen LogP contribution is 1.83. The van der Waals surface area contributed by atoms with Crippen LogP contribution in [0.2, 0.25) is 0 Å². The smallest absolute Gasteiger partial charge is 0.00723 e. The molecule has 0 aromatic rings. The minimum absolute atomic E-state index is 1.18. The third kappa shape index (κ3) is 3.47. The van der Waals surface area contributed by atoms with Crippen LogP contribution in [0.3, 0.4) is 0 Å². The molecule has 0 atom stereocenters. The fraction of sp³-hybridized carbons (Fsp3) is 0.429. The van der Waals surface area contributed by atoms with E-state index in [1.165, 1.54) is 5.70 Å². The normalized spacial score (nSPS) is 12.6. The standard InChI is InChI=1S/C7H13N/c1-4-5-6-7(2)8-3/h4-6,8H,1-3H3/b5-4-,7-6-. The molecule has 0 saturated carbocycles. The highest BCUT2D eigenvalue weighted by atomic mass is 14.8. The molecule has 0 aliphatic carbocycles. The monoisotopic (exact) mass is 111 g/mol. The maximum absolute atomic E-state index is 3.01. The Balaban J connectivity index is 3.57. The molecule has 0 aromatic carbocycles. The van der Waals surface area contributed by atoms with Gasteiger partial charge in [0.1, 0.15) is 0 Å². The topological polar surface area (TPSA) is 12.0 Å². The zero-order valence-electron chi connectivity index (χ0n) is 5.73. The Hall–Kier alpha value is -0.720. The summed E-state index contributed by atoms with van der Waals surface area (Å²) in [6.07, 6.45) is 6.03. The van der Waals surface area contributed by atoms with Crippen molar-refractivity contribution < 1.29 is 0 Å². The highest BCUT2D eigenvalue weighted by Gasteiger charge is 1.72. The van der Waals surface area contributed by atoms with Crippen LogP contribution in [0.4, 0.5) is 0 Å². The van der Waals surface area contributed by atoms with Gasteiger partial charge in [-0.15, -0.1) is 0 Å². The van der Waals surface area contributed by atoms with Crippen LogP contribution in [0.1, 0.15) is 13.8 Å². The van der Waals surface area contributed by atoms with E-state index in [-0.39, 0.29) is 0 Å². The van der Waals surface area contributed by atoms with Gasteiger partial charge in [0, 0.05) is 12.7 Å². The van der Waals surface area contributed by atoms with E-state index in [0.717, 1.165) is 0 Å². The summed E-state index contributed by atoms with van der Waals surface area (Å²) in [6.45, 7) is 4.03. The van der Waals surface area contributed by atoms with Crippen molar-refractivity contribution in [1.29, 1.82) is 0 Å². The maximum Gasteiger partial charge on any atom is 0.00723 e. The van der Waals surface area contributed by atoms with E-state index in [4.69, 9.17) is 0 Å². The summed E-state index contributed by atoms with van der Waals surface area (Å²) in [5, 5.41) is 3.01. The molecular formula is C7H13N. The molecule has 0 aromatic heterocycles. The van der Waals surface area contributed by atoms with Gasteiger partial charge in [-0.25, -0.2) is 0 Å². The molecule has 0 heterocycles. The Morgan fingerprint density at radius 3 is 2.50 bits per heavy atom. The first-order valence-corrected chi connectivity index (χ1v) is 2.78. The van der Waals surface area contributed by atoms with Gasteiger partial charge in [0.2, 0.25) is 0 Å². The summed E-state index contributed by atoms with van der Waals surface area (Å²) in [5.74, 6) is 0. The summed E-state index contributed by atoms with van der Waals surface area (Å²) >= 11 is 0. The highest BCUT2D eigenvalue weighted by molar-refractivity contribution is 5.07. The molecule has 0 unspecified atom stereocenters. The minimum Gasteiger partial charge on any atom is -0.392 e. The summed E-state index contributed by atoms with van der Waals surface area (Å²) in [6, 6.07) is 0. The Morgan fingerprint density at radius 2 is 2.12 bits per heavy atom. The maximum atomic E-state index is 3.01. The van der Waals surface area contributed by atoms with E-state index in [0.29, 0.717) is 0 Å². The number of rotatable bonds is 2. The van der Waals surface area contributed by atoms with E-state index < -0.39 is 0 Å². The molecule has 0 aliphatic rings. The molecule has 1 nitrogen and oxygen atoms in total. The molecule has 0 rings (SSSR count). The lowest BCUT2D eigenvalue weighted by Crippen LogP contribution is -1.99. The Morgan fingerprint density at radius 1 is 1.50 bits per heavy atom. The van der Waals surface area contributed by atoms with Crippen molar-refractivity contribution in [2.45, 2.75) is 13.8 Å². The lowest BCUT2D eigenvalue weighted by molar-refractivity contribution is 0.990. The lowest BCUT2D eigenvalue weighted by Gasteiger charge is -1.92. The second kappa shape index (κ2) is 4.44. The van der Waals surface area contributed by atoms with Crippen LogP contribution >= 0.6 is 0 Å². The fourth-order valence-corrected chi connectivity index (χ4v) is 0.324. The number of hydrogen-bond donors (Lipinski definition) is 1. The van der Waals surface area contributed by atoms with Crippen LogP contribution in [0.25, 0.3) is 0 Å². The van der Waals surface area contributed by atoms with Crippen LogP contribution in [0.15, 0.2) is 23.9 Å². The van der Waals surface area contributed by atoms with Gasteiger partial charge in [0.15, 0.2) is 0 Å². The Labute approximate surface area is 51.1 Å². The SMILES string of the molecule is C/C=C\C=C(\C)NC. The van der Waals surface area contributed by atoms with E-state index in [2.05, 4.69) is 5.32 Å². The second-order valence-electron chi connectivity index (χ2n) is 1.63. The van der Waals surface area contributed by atoms with Crippen molar-refractivity contribution in [3.05, 3.63) is 23.9 Å². The van der Waals surface area contributed by atoms with Gasteiger partial charge in [0.05, 0.1) is 0 Å². The number of hydrogen-bond acceptors (Lipinski definition) is 1. The van der Waals surface area contributed by atoms with Crippen LogP contribution < -0.4 is 5.32 Å². The molecule has 0 fully saturated rings. The molecule has 1 N–H and O–H groups in total. The van der Waals surface area contributed by atoms with Gasteiger partial charge < -0.3 is 5.32 Å². The number of allylic oxidation sites excluding steroid dienone is 4. The Kier molecular flexibility index (Phi) is 4.04. The average Bonchev–Trinajstić information content (AvgIpc) is 1.83. The first kappa shape index (κ1) is 7.28. The van der Waals surface area contributed by atoms with E-state index in [1.54, 1.807) is 0 Å². The van der Waals surface area contributed by atoms with E-state index in [9.17, 15) is 0 Å². The fourth-order valence-electron chi connectivity index (χ4n) is 0.324. The Bertz CT molecular complexity index is 101. The first-order chi connectivity index (χ1) is 3.81. The zero-order chi connectivity index (χ0) is 6.41. The van der Waals surface area contributed by atoms with Crippen LogP contribution in [0, 0.1) is 0 Å². The van der Waals surface area contributed by atoms with Crippen molar-refractivity contribution in [3.8, 4) is 0 Å². The largest absolute Gasteiger partial charge is 0.392 e. The van der Waals surface area contributed by atoms with Crippen molar-refractivity contribution in [1.82, 2.24) is 5.32 Å². The lowest BCUT2D eigenvalue weighted by atomic mass is 10.4. The van der Waals surface area contributed by atoms with E-state index in [1.807, 2.05) is 39.1 Å². The van der Waals surface area contributed by atoms with Crippen molar-refractivity contribution in [3.63, 3.8) is 0 Å². The van der Waals surface area contributed by atoms with Gasteiger partial charge in [-0.05, 0) is 19.9 Å². The summed E-state index contributed by atoms with van der Waals surface area (Å²) in [5.41, 5.74) is 1.18. The molecule has 0 saturated heterocycles. The van der Waals surface area contributed by atoms with Crippen LogP contribution in [0.5, 0.6) is 0 Å². The van der Waals surface area contributed by atoms with Gasteiger partial charge in [-0.1, -0.05) is 12.2 Å². The molecule has 0 radical (unpaired) electrons. The van der Waals surface area contributed by atoms with Crippen molar-refractivity contribution in [2.75, 3.05) is 7.05 Å². The molecule has 8 heavy (non-hydrogen) atoms. The summed E-state index contributed by atoms with van der Waals surface area (Å²) in [7, 11) is 1.91. The zero-order valence-corrected chi connectivity index (χ0v) is 5.73. The molecule has 0 spiro atoms. The minimum atomic E-state index is 1.18. The molecule has 46 valence electrons. The number of nitrogens with one attached hydrogen (secondary N) is 1. The molecule has 0 bridgehead atoms. The summed E-state index contributed by atoms with van der Waals surface area (Å²) in [4.78, 5) is 0. The summed E-state index contributed by atoms with van der Waals surface area (Å²) < 4.78 is 0. The van der Waals surface area contributed by atoms with Gasteiger partial charge in [-0.3, -0.25) is 0 Å². The molecule has 0 amide bonds. The quantitative estimate of drug-likeness (QED) is 0.535. The third-order valence-electron chi connectivity index (χ3n) is 0.933. The molecule has 1 heteroatoms. The second-order valence-corrected chi connectivity index (χ2v) is 1.63. The van der Waals surface area contributed by atoms with Crippen molar-refractivity contribution in [2.24, 2.45) is 0 Å². The average molecular weight is 111 g/mol. The van der Waals surface area contributed by atoms with Gasteiger partial charge in [-0.2, -0.15) is 0 Å². The van der Waals surface area contributed by atoms with Crippen LogP contribution in [-0.2, 0) is 0 Å². The first-order valence-electron chi connectivity index (χ1n) is 2.78.